The van der Waals surface area contributed by atoms with E-state index in [-0.39, 0.29) is 24.5 Å². The Labute approximate surface area is 164 Å². The SMILES string of the molecule is CCCCN(C(=O)COC(=O)CCC(C)C)c1c(N)n(CCC)c(=O)[nH]c1=O. The summed E-state index contributed by atoms with van der Waals surface area (Å²) in [5.74, 6) is -0.728. The Morgan fingerprint density at radius 2 is 1.89 bits per heavy atom. The minimum atomic E-state index is -0.731. The van der Waals surface area contributed by atoms with E-state index in [2.05, 4.69) is 4.98 Å². The summed E-state index contributed by atoms with van der Waals surface area (Å²) in [5, 5.41) is 0. The van der Waals surface area contributed by atoms with Gasteiger partial charge in [-0.15, -0.1) is 0 Å². The lowest BCUT2D eigenvalue weighted by molar-refractivity contribution is -0.148. The van der Waals surface area contributed by atoms with Gasteiger partial charge in [-0.2, -0.15) is 0 Å². The Kier molecular flexibility index (Phi) is 9.47. The van der Waals surface area contributed by atoms with Crippen molar-refractivity contribution in [3.63, 3.8) is 0 Å². The maximum Gasteiger partial charge on any atom is 0.330 e. The minimum Gasteiger partial charge on any atom is -0.456 e. The second-order valence-corrected chi connectivity index (χ2v) is 7.14. The summed E-state index contributed by atoms with van der Waals surface area (Å²) >= 11 is 0. The smallest absolute Gasteiger partial charge is 0.330 e. The molecule has 0 saturated heterocycles. The van der Waals surface area contributed by atoms with Crippen LogP contribution in [0.25, 0.3) is 0 Å². The van der Waals surface area contributed by atoms with Crippen molar-refractivity contribution in [1.82, 2.24) is 9.55 Å². The number of unbranched alkanes of at least 4 members (excludes halogenated alkanes) is 1. The Bertz CT molecular complexity index is 782. The van der Waals surface area contributed by atoms with Crippen molar-refractivity contribution in [2.24, 2.45) is 5.92 Å². The summed E-state index contributed by atoms with van der Waals surface area (Å²) in [6.07, 6.45) is 2.93. The second-order valence-electron chi connectivity index (χ2n) is 7.14. The number of ether oxygens (including phenoxy) is 1. The van der Waals surface area contributed by atoms with E-state index in [1.165, 1.54) is 9.47 Å². The summed E-state index contributed by atoms with van der Waals surface area (Å²) in [7, 11) is 0. The Morgan fingerprint density at radius 1 is 1.21 bits per heavy atom. The van der Waals surface area contributed by atoms with E-state index >= 15 is 0 Å². The molecular formula is C19H32N4O5. The lowest BCUT2D eigenvalue weighted by atomic mass is 10.1. The van der Waals surface area contributed by atoms with Crippen molar-refractivity contribution in [3.8, 4) is 0 Å². The number of nitrogens with two attached hydrogens (primary N) is 1. The van der Waals surface area contributed by atoms with Crippen LogP contribution in [0.15, 0.2) is 9.59 Å². The highest BCUT2D eigenvalue weighted by Gasteiger charge is 2.24. The van der Waals surface area contributed by atoms with E-state index < -0.39 is 29.7 Å². The first-order valence-electron chi connectivity index (χ1n) is 9.81. The molecule has 9 heteroatoms. The number of anilines is 2. The molecule has 0 atom stereocenters. The van der Waals surface area contributed by atoms with Gasteiger partial charge in [-0.05, 0) is 25.2 Å². The van der Waals surface area contributed by atoms with Crippen LogP contribution in [-0.4, -0.2) is 34.6 Å². The molecule has 0 spiro atoms. The molecular weight excluding hydrogens is 364 g/mol. The monoisotopic (exact) mass is 396 g/mol. The Balaban J connectivity index is 3.10. The van der Waals surface area contributed by atoms with Gasteiger partial charge in [0.05, 0.1) is 0 Å². The van der Waals surface area contributed by atoms with E-state index in [0.717, 1.165) is 6.42 Å². The number of carbonyl (C=O) groups is 2. The third-order valence-corrected chi connectivity index (χ3v) is 4.25. The van der Waals surface area contributed by atoms with Gasteiger partial charge in [0.15, 0.2) is 12.3 Å². The largest absolute Gasteiger partial charge is 0.456 e. The lowest BCUT2D eigenvalue weighted by Gasteiger charge is -2.24. The molecule has 0 aliphatic carbocycles. The van der Waals surface area contributed by atoms with E-state index in [1.807, 2.05) is 27.7 Å². The van der Waals surface area contributed by atoms with Crippen molar-refractivity contribution in [2.75, 3.05) is 23.8 Å². The normalized spacial score (nSPS) is 10.9. The highest BCUT2D eigenvalue weighted by Crippen LogP contribution is 2.18. The van der Waals surface area contributed by atoms with Crippen molar-refractivity contribution < 1.29 is 14.3 Å². The van der Waals surface area contributed by atoms with Crippen molar-refractivity contribution in [2.45, 2.75) is 66.3 Å². The number of aromatic nitrogens is 2. The van der Waals surface area contributed by atoms with E-state index in [9.17, 15) is 19.2 Å². The third-order valence-electron chi connectivity index (χ3n) is 4.25. The number of carbonyl (C=O) groups excluding carboxylic acids is 2. The number of esters is 1. The molecule has 0 aromatic carbocycles. The highest BCUT2D eigenvalue weighted by atomic mass is 16.5. The molecule has 1 aromatic heterocycles. The van der Waals surface area contributed by atoms with Crippen LogP contribution in [0.4, 0.5) is 11.5 Å². The zero-order valence-electron chi connectivity index (χ0n) is 17.2. The predicted molar refractivity (Wildman–Crippen MR) is 108 cm³/mol. The van der Waals surface area contributed by atoms with Crippen molar-refractivity contribution in [1.29, 1.82) is 0 Å². The van der Waals surface area contributed by atoms with Crippen LogP contribution < -0.4 is 21.9 Å². The van der Waals surface area contributed by atoms with Gasteiger partial charge >= 0.3 is 11.7 Å². The Morgan fingerprint density at radius 3 is 2.46 bits per heavy atom. The molecule has 1 amide bonds. The maximum atomic E-state index is 12.7. The molecule has 0 aliphatic rings. The molecule has 158 valence electrons. The number of aromatic amines is 1. The summed E-state index contributed by atoms with van der Waals surface area (Å²) < 4.78 is 6.30. The maximum absolute atomic E-state index is 12.7. The summed E-state index contributed by atoms with van der Waals surface area (Å²) in [4.78, 5) is 52.3. The number of nitrogens with zero attached hydrogens (tertiary/aromatic N) is 2. The van der Waals surface area contributed by atoms with Gasteiger partial charge in [-0.25, -0.2) is 4.79 Å². The average molecular weight is 396 g/mol. The summed E-state index contributed by atoms with van der Waals surface area (Å²) in [5.41, 5.74) is 4.64. The summed E-state index contributed by atoms with van der Waals surface area (Å²) in [6, 6.07) is 0. The fourth-order valence-corrected chi connectivity index (χ4v) is 2.66. The van der Waals surface area contributed by atoms with Crippen LogP contribution in [-0.2, 0) is 20.9 Å². The van der Waals surface area contributed by atoms with Gasteiger partial charge in [-0.1, -0.05) is 34.1 Å². The van der Waals surface area contributed by atoms with Crippen molar-refractivity contribution >= 4 is 23.4 Å². The molecule has 3 N–H and O–H groups in total. The zero-order valence-corrected chi connectivity index (χ0v) is 17.2. The molecule has 0 unspecified atom stereocenters. The first-order chi connectivity index (χ1) is 13.2. The number of amides is 1. The number of nitrogens with one attached hydrogen (secondary N) is 1. The molecule has 0 saturated carbocycles. The van der Waals surface area contributed by atoms with Crippen LogP contribution in [0.3, 0.4) is 0 Å². The number of hydrogen-bond donors (Lipinski definition) is 2. The van der Waals surface area contributed by atoms with Gasteiger partial charge in [0.2, 0.25) is 0 Å². The topological polar surface area (TPSA) is 127 Å². The fourth-order valence-electron chi connectivity index (χ4n) is 2.66. The van der Waals surface area contributed by atoms with Gasteiger partial charge in [0, 0.05) is 19.5 Å². The number of hydrogen-bond acceptors (Lipinski definition) is 6. The van der Waals surface area contributed by atoms with E-state index in [4.69, 9.17) is 10.5 Å². The Hall–Kier alpha value is -2.58. The van der Waals surface area contributed by atoms with Crippen LogP contribution in [0.5, 0.6) is 0 Å². The first-order valence-corrected chi connectivity index (χ1v) is 9.81. The predicted octanol–water partition coefficient (Wildman–Crippen LogP) is 1.64. The number of rotatable bonds is 11. The minimum absolute atomic E-state index is 0.0637. The van der Waals surface area contributed by atoms with Crippen LogP contribution in [0.1, 0.15) is 59.8 Å². The number of H-pyrrole nitrogens is 1. The fraction of sp³-hybridized carbons (Fsp3) is 0.684. The third kappa shape index (κ3) is 6.54. The standard InChI is InChI=1S/C19H32N4O5/c1-5-7-11-22(14(24)12-28-15(25)9-8-13(3)4)16-17(20)23(10-6-2)19(27)21-18(16)26/h13H,5-12,20H2,1-4H3,(H,21,26,27). The molecule has 1 rings (SSSR count). The molecule has 28 heavy (non-hydrogen) atoms. The van der Waals surface area contributed by atoms with Crippen LogP contribution in [0.2, 0.25) is 0 Å². The van der Waals surface area contributed by atoms with E-state index in [0.29, 0.717) is 31.7 Å². The zero-order chi connectivity index (χ0) is 21.3. The van der Waals surface area contributed by atoms with Gasteiger partial charge in [0.25, 0.3) is 11.5 Å². The summed E-state index contributed by atoms with van der Waals surface area (Å²) in [6.45, 7) is 7.86. The van der Waals surface area contributed by atoms with Crippen LogP contribution >= 0.6 is 0 Å². The average Bonchev–Trinajstić information content (AvgIpc) is 2.63. The highest BCUT2D eigenvalue weighted by molar-refractivity contribution is 5.97. The molecule has 0 aliphatic heterocycles. The number of nitrogen functional groups attached to an aromatic ring is 1. The quantitative estimate of drug-likeness (QED) is 0.547. The molecule has 9 nitrogen and oxygen atoms in total. The molecule has 0 fully saturated rings. The first kappa shape index (κ1) is 23.5. The van der Waals surface area contributed by atoms with Gasteiger partial charge < -0.3 is 15.4 Å². The second kappa shape index (κ2) is 11.3. The van der Waals surface area contributed by atoms with Crippen LogP contribution in [0, 0.1) is 5.92 Å². The molecule has 0 bridgehead atoms. The van der Waals surface area contributed by atoms with E-state index in [1.54, 1.807) is 0 Å². The van der Waals surface area contributed by atoms with Gasteiger partial charge in [0.1, 0.15) is 5.82 Å². The molecule has 0 radical (unpaired) electrons. The van der Waals surface area contributed by atoms with Crippen molar-refractivity contribution in [3.05, 3.63) is 20.8 Å². The van der Waals surface area contributed by atoms with Gasteiger partial charge in [-0.3, -0.25) is 23.9 Å². The molecule has 1 aromatic rings. The molecule has 1 heterocycles. The lowest BCUT2D eigenvalue weighted by Crippen LogP contribution is -2.43.